The third-order valence-corrected chi connectivity index (χ3v) is 4.97. The van der Waals surface area contributed by atoms with Gasteiger partial charge in [-0.25, -0.2) is 4.39 Å². The molecular formula is C18H25FN2O2S. The zero-order valence-electron chi connectivity index (χ0n) is 14.5. The van der Waals surface area contributed by atoms with Gasteiger partial charge in [0.05, 0.1) is 0 Å². The minimum atomic E-state index is -0.377. The second-order valence-corrected chi connectivity index (χ2v) is 8.14. The first-order chi connectivity index (χ1) is 11.3. The molecule has 0 unspecified atom stereocenters. The van der Waals surface area contributed by atoms with Gasteiger partial charge in [0.15, 0.2) is 0 Å². The van der Waals surface area contributed by atoms with Crippen LogP contribution < -0.4 is 0 Å². The van der Waals surface area contributed by atoms with Gasteiger partial charge in [0.25, 0.3) is 0 Å². The van der Waals surface area contributed by atoms with Crippen molar-refractivity contribution in [2.75, 3.05) is 31.9 Å². The number of benzene rings is 1. The SMILES string of the molecule is CC(C)(C)C(=O)N1CCN(C(=O)CCSc2ccc(F)cc2)CC1. The van der Waals surface area contributed by atoms with Gasteiger partial charge in [0.2, 0.25) is 11.8 Å². The number of carbonyl (C=O) groups is 2. The number of carbonyl (C=O) groups excluding carboxylic acids is 2. The van der Waals surface area contributed by atoms with Crippen LogP contribution in [0.25, 0.3) is 0 Å². The highest BCUT2D eigenvalue weighted by Crippen LogP contribution is 2.21. The van der Waals surface area contributed by atoms with Crippen molar-refractivity contribution in [2.24, 2.45) is 5.41 Å². The van der Waals surface area contributed by atoms with Crippen molar-refractivity contribution in [3.8, 4) is 0 Å². The summed E-state index contributed by atoms with van der Waals surface area (Å²) in [7, 11) is 0. The van der Waals surface area contributed by atoms with E-state index in [0.29, 0.717) is 38.4 Å². The van der Waals surface area contributed by atoms with Gasteiger partial charge in [-0.2, -0.15) is 0 Å². The van der Waals surface area contributed by atoms with Gasteiger partial charge in [-0.05, 0) is 24.3 Å². The molecule has 0 spiro atoms. The van der Waals surface area contributed by atoms with Crippen molar-refractivity contribution < 1.29 is 14.0 Å². The Morgan fingerprint density at radius 1 is 1.04 bits per heavy atom. The summed E-state index contributed by atoms with van der Waals surface area (Å²) in [4.78, 5) is 29.1. The Morgan fingerprint density at radius 3 is 2.12 bits per heavy atom. The Bertz CT molecular complexity index is 576. The van der Waals surface area contributed by atoms with Crippen LogP contribution in [0.4, 0.5) is 4.39 Å². The van der Waals surface area contributed by atoms with Crippen molar-refractivity contribution in [3.05, 3.63) is 30.1 Å². The zero-order valence-corrected chi connectivity index (χ0v) is 15.4. The molecule has 1 heterocycles. The molecule has 2 rings (SSSR count). The molecule has 0 N–H and O–H groups in total. The van der Waals surface area contributed by atoms with Gasteiger partial charge >= 0.3 is 0 Å². The average molecular weight is 352 g/mol. The molecule has 0 bridgehead atoms. The number of amides is 2. The minimum Gasteiger partial charge on any atom is -0.339 e. The maximum Gasteiger partial charge on any atom is 0.228 e. The first-order valence-corrected chi connectivity index (χ1v) is 9.21. The van der Waals surface area contributed by atoms with Gasteiger partial charge < -0.3 is 9.80 Å². The lowest BCUT2D eigenvalue weighted by Gasteiger charge is -2.37. The molecule has 0 aromatic heterocycles. The highest BCUT2D eigenvalue weighted by Gasteiger charge is 2.30. The van der Waals surface area contributed by atoms with Crippen molar-refractivity contribution in [2.45, 2.75) is 32.1 Å². The van der Waals surface area contributed by atoms with Gasteiger partial charge in [-0.15, -0.1) is 11.8 Å². The summed E-state index contributed by atoms with van der Waals surface area (Å²) in [5, 5.41) is 0. The summed E-state index contributed by atoms with van der Waals surface area (Å²) < 4.78 is 12.8. The molecule has 0 saturated carbocycles. The highest BCUT2D eigenvalue weighted by molar-refractivity contribution is 7.99. The standard InChI is InChI=1S/C18H25FN2O2S/c1-18(2,3)17(23)21-11-9-20(10-12-21)16(22)8-13-24-15-6-4-14(19)5-7-15/h4-7H,8-13H2,1-3H3. The van der Waals surface area contributed by atoms with Crippen LogP contribution in [-0.4, -0.2) is 53.5 Å². The van der Waals surface area contributed by atoms with Crippen molar-refractivity contribution in [3.63, 3.8) is 0 Å². The summed E-state index contributed by atoms with van der Waals surface area (Å²) in [5.41, 5.74) is -0.377. The van der Waals surface area contributed by atoms with Gasteiger partial charge in [-0.3, -0.25) is 9.59 Å². The summed E-state index contributed by atoms with van der Waals surface area (Å²) >= 11 is 1.55. The van der Waals surface area contributed by atoms with Crippen LogP contribution in [0, 0.1) is 11.2 Å². The fourth-order valence-electron chi connectivity index (χ4n) is 2.58. The van der Waals surface area contributed by atoms with Crippen LogP contribution in [0.2, 0.25) is 0 Å². The Balaban J connectivity index is 1.73. The largest absolute Gasteiger partial charge is 0.339 e. The van der Waals surface area contributed by atoms with E-state index in [9.17, 15) is 14.0 Å². The van der Waals surface area contributed by atoms with Crippen LogP contribution >= 0.6 is 11.8 Å². The Kier molecular flexibility index (Phi) is 6.27. The lowest BCUT2D eigenvalue weighted by molar-refractivity contribution is -0.144. The second kappa shape index (κ2) is 8.01. The molecule has 1 aromatic rings. The predicted octanol–water partition coefficient (Wildman–Crippen LogP) is 3.02. The Morgan fingerprint density at radius 2 is 1.58 bits per heavy atom. The molecule has 1 aromatic carbocycles. The van der Waals surface area contributed by atoms with Gasteiger partial charge in [-0.1, -0.05) is 20.8 Å². The monoisotopic (exact) mass is 352 g/mol. The van der Waals surface area contributed by atoms with Gasteiger partial charge in [0.1, 0.15) is 5.82 Å². The van der Waals surface area contributed by atoms with E-state index in [0.717, 1.165) is 4.90 Å². The third-order valence-electron chi connectivity index (χ3n) is 3.96. The molecule has 0 aliphatic carbocycles. The van der Waals surface area contributed by atoms with Crippen LogP contribution in [0.3, 0.4) is 0 Å². The average Bonchev–Trinajstić information content (AvgIpc) is 2.55. The molecular weight excluding hydrogens is 327 g/mol. The molecule has 4 nitrogen and oxygen atoms in total. The first-order valence-electron chi connectivity index (χ1n) is 8.23. The molecule has 2 amide bonds. The summed E-state index contributed by atoms with van der Waals surface area (Å²) in [5.74, 6) is 0.679. The van der Waals surface area contributed by atoms with E-state index >= 15 is 0 Å². The van der Waals surface area contributed by atoms with Crippen LogP contribution in [0.5, 0.6) is 0 Å². The molecule has 1 aliphatic rings. The maximum absolute atomic E-state index is 12.8. The van der Waals surface area contributed by atoms with Gasteiger partial charge in [0, 0.05) is 48.7 Å². The maximum atomic E-state index is 12.8. The highest BCUT2D eigenvalue weighted by atomic mass is 32.2. The fourth-order valence-corrected chi connectivity index (χ4v) is 3.42. The molecule has 1 aliphatic heterocycles. The molecule has 0 radical (unpaired) electrons. The number of rotatable bonds is 4. The number of hydrogen-bond acceptors (Lipinski definition) is 3. The van der Waals surface area contributed by atoms with Crippen molar-refractivity contribution in [1.29, 1.82) is 0 Å². The van der Waals surface area contributed by atoms with Crippen LogP contribution in [-0.2, 0) is 9.59 Å². The number of hydrogen-bond donors (Lipinski definition) is 0. The zero-order chi connectivity index (χ0) is 17.7. The lowest BCUT2D eigenvalue weighted by Crippen LogP contribution is -2.53. The lowest BCUT2D eigenvalue weighted by atomic mass is 9.94. The number of piperazine rings is 1. The second-order valence-electron chi connectivity index (χ2n) is 6.98. The van der Waals surface area contributed by atoms with E-state index < -0.39 is 0 Å². The molecule has 1 saturated heterocycles. The van der Waals surface area contributed by atoms with E-state index in [-0.39, 0.29) is 23.0 Å². The summed E-state index contributed by atoms with van der Waals surface area (Å²) in [6.07, 6.45) is 0.454. The van der Waals surface area contributed by atoms with Crippen LogP contribution in [0.15, 0.2) is 29.2 Å². The summed E-state index contributed by atoms with van der Waals surface area (Å²) in [6, 6.07) is 6.30. The Hall–Kier alpha value is -1.56. The number of nitrogens with zero attached hydrogens (tertiary/aromatic N) is 2. The predicted molar refractivity (Wildman–Crippen MR) is 94.4 cm³/mol. The molecule has 132 valence electrons. The summed E-state index contributed by atoms with van der Waals surface area (Å²) in [6.45, 7) is 8.15. The number of halogens is 1. The Labute approximate surface area is 147 Å². The van der Waals surface area contributed by atoms with Crippen molar-refractivity contribution in [1.82, 2.24) is 9.80 Å². The fraction of sp³-hybridized carbons (Fsp3) is 0.556. The van der Waals surface area contributed by atoms with E-state index in [2.05, 4.69) is 0 Å². The third kappa shape index (κ3) is 5.23. The normalized spacial score (nSPS) is 15.5. The molecule has 6 heteroatoms. The van der Waals surface area contributed by atoms with Crippen LogP contribution in [0.1, 0.15) is 27.2 Å². The van der Waals surface area contributed by atoms with Crippen molar-refractivity contribution >= 4 is 23.6 Å². The van der Waals surface area contributed by atoms with E-state index in [1.54, 1.807) is 23.9 Å². The molecule has 0 atom stereocenters. The first kappa shape index (κ1) is 18.8. The van der Waals surface area contributed by atoms with E-state index in [1.807, 2.05) is 30.6 Å². The molecule has 24 heavy (non-hydrogen) atoms. The van der Waals surface area contributed by atoms with E-state index in [1.165, 1.54) is 12.1 Å². The topological polar surface area (TPSA) is 40.6 Å². The minimum absolute atomic E-state index is 0.118. The molecule has 1 fully saturated rings. The number of thioether (sulfide) groups is 1. The quantitative estimate of drug-likeness (QED) is 0.782. The van der Waals surface area contributed by atoms with E-state index in [4.69, 9.17) is 0 Å². The smallest absolute Gasteiger partial charge is 0.228 e.